The first-order valence-corrected chi connectivity index (χ1v) is 7.41. The SMILES string of the molecule is CCOC(=O)NS(=O)(=O)NCCC(C)CCC(=O)O. The molecule has 0 aliphatic rings. The third-order valence-corrected chi connectivity index (χ3v) is 3.29. The van der Waals surface area contributed by atoms with Crippen LogP contribution in [0.2, 0.25) is 0 Å². The Morgan fingerprint density at radius 2 is 1.95 bits per heavy atom. The van der Waals surface area contributed by atoms with Crippen molar-refractivity contribution in [2.45, 2.75) is 33.1 Å². The Kier molecular flexibility index (Phi) is 8.08. The number of amides is 1. The van der Waals surface area contributed by atoms with Crippen LogP contribution in [-0.4, -0.2) is 38.7 Å². The van der Waals surface area contributed by atoms with Gasteiger partial charge in [-0.3, -0.25) is 4.79 Å². The van der Waals surface area contributed by atoms with E-state index in [1.807, 2.05) is 6.92 Å². The summed E-state index contributed by atoms with van der Waals surface area (Å²) in [6.07, 6.45) is -0.0251. The van der Waals surface area contributed by atoms with Gasteiger partial charge in [0.05, 0.1) is 6.61 Å². The minimum Gasteiger partial charge on any atom is -0.481 e. The molecule has 0 radical (unpaired) electrons. The second-order valence-corrected chi connectivity index (χ2v) is 5.55. The summed E-state index contributed by atoms with van der Waals surface area (Å²) in [6.45, 7) is 3.59. The van der Waals surface area contributed by atoms with E-state index in [1.54, 1.807) is 11.6 Å². The number of nitrogens with one attached hydrogen (secondary N) is 2. The van der Waals surface area contributed by atoms with Crippen molar-refractivity contribution in [3.63, 3.8) is 0 Å². The van der Waals surface area contributed by atoms with Gasteiger partial charge in [0.25, 0.3) is 0 Å². The van der Waals surface area contributed by atoms with Gasteiger partial charge in [-0.1, -0.05) is 6.92 Å². The summed E-state index contributed by atoms with van der Waals surface area (Å²) >= 11 is 0. The number of aliphatic carboxylic acids is 1. The predicted molar refractivity (Wildman–Crippen MR) is 67.7 cm³/mol. The average Bonchev–Trinajstić information content (AvgIpc) is 2.25. The molecule has 0 aromatic heterocycles. The summed E-state index contributed by atoms with van der Waals surface area (Å²) in [6, 6.07) is 0. The van der Waals surface area contributed by atoms with Crippen LogP contribution in [0.4, 0.5) is 4.79 Å². The first-order chi connectivity index (χ1) is 8.76. The summed E-state index contributed by atoms with van der Waals surface area (Å²) in [4.78, 5) is 21.3. The minimum atomic E-state index is -3.92. The summed E-state index contributed by atoms with van der Waals surface area (Å²) in [5.41, 5.74) is 0. The maximum absolute atomic E-state index is 11.3. The molecule has 8 nitrogen and oxygen atoms in total. The van der Waals surface area contributed by atoms with Crippen molar-refractivity contribution < 1.29 is 27.9 Å². The molecule has 0 rings (SSSR count). The first kappa shape index (κ1) is 17.6. The zero-order valence-electron chi connectivity index (χ0n) is 11.0. The molecule has 1 unspecified atom stereocenters. The van der Waals surface area contributed by atoms with Gasteiger partial charge in [0.1, 0.15) is 0 Å². The van der Waals surface area contributed by atoms with Crippen LogP contribution in [0.15, 0.2) is 0 Å². The zero-order valence-corrected chi connectivity index (χ0v) is 11.8. The van der Waals surface area contributed by atoms with E-state index in [-0.39, 0.29) is 25.5 Å². The highest BCUT2D eigenvalue weighted by atomic mass is 32.2. The van der Waals surface area contributed by atoms with Gasteiger partial charge >= 0.3 is 22.3 Å². The summed E-state index contributed by atoms with van der Waals surface area (Å²) in [7, 11) is -3.92. The van der Waals surface area contributed by atoms with Crippen molar-refractivity contribution >= 4 is 22.3 Å². The molecule has 0 bridgehead atoms. The number of rotatable bonds is 9. The molecule has 0 aliphatic heterocycles. The normalized spacial score (nSPS) is 12.7. The quantitative estimate of drug-likeness (QED) is 0.568. The molecular formula is C10H20N2O6S. The van der Waals surface area contributed by atoms with Gasteiger partial charge in [-0.25, -0.2) is 9.52 Å². The fraction of sp³-hybridized carbons (Fsp3) is 0.800. The molecule has 1 amide bonds. The van der Waals surface area contributed by atoms with Crippen LogP contribution >= 0.6 is 0 Å². The van der Waals surface area contributed by atoms with Crippen molar-refractivity contribution in [2.24, 2.45) is 5.92 Å². The third kappa shape index (κ3) is 10.3. The predicted octanol–water partition coefficient (Wildman–Crippen LogP) is 0.458. The van der Waals surface area contributed by atoms with Crippen molar-refractivity contribution in [3.05, 3.63) is 0 Å². The van der Waals surface area contributed by atoms with Crippen LogP contribution in [0.3, 0.4) is 0 Å². The smallest absolute Gasteiger partial charge is 0.421 e. The Morgan fingerprint density at radius 1 is 1.32 bits per heavy atom. The van der Waals surface area contributed by atoms with E-state index in [0.29, 0.717) is 12.8 Å². The van der Waals surface area contributed by atoms with Crippen LogP contribution in [0.25, 0.3) is 0 Å². The van der Waals surface area contributed by atoms with Crippen LogP contribution < -0.4 is 9.44 Å². The number of carbonyl (C=O) groups excluding carboxylic acids is 1. The van der Waals surface area contributed by atoms with Crippen molar-refractivity contribution in [1.29, 1.82) is 0 Å². The lowest BCUT2D eigenvalue weighted by Crippen LogP contribution is -2.41. The van der Waals surface area contributed by atoms with Gasteiger partial charge in [-0.05, 0) is 25.7 Å². The molecule has 0 aromatic carbocycles. The van der Waals surface area contributed by atoms with Gasteiger partial charge in [-0.15, -0.1) is 0 Å². The van der Waals surface area contributed by atoms with Crippen molar-refractivity contribution in [2.75, 3.05) is 13.2 Å². The molecule has 0 spiro atoms. The molecule has 0 aromatic rings. The highest BCUT2D eigenvalue weighted by Crippen LogP contribution is 2.09. The first-order valence-electron chi connectivity index (χ1n) is 5.92. The third-order valence-electron chi connectivity index (χ3n) is 2.27. The van der Waals surface area contributed by atoms with Gasteiger partial charge in [0, 0.05) is 13.0 Å². The van der Waals surface area contributed by atoms with Gasteiger partial charge in [0.2, 0.25) is 0 Å². The van der Waals surface area contributed by atoms with E-state index in [1.165, 1.54) is 0 Å². The van der Waals surface area contributed by atoms with Crippen LogP contribution in [-0.2, 0) is 19.7 Å². The van der Waals surface area contributed by atoms with E-state index in [2.05, 4.69) is 9.46 Å². The fourth-order valence-corrected chi connectivity index (χ4v) is 2.00. The topological polar surface area (TPSA) is 122 Å². The second-order valence-electron chi connectivity index (χ2n) is 4.05. The monoisotopic (exact) mass is 296 g/mol. The maximum atomic E-state index is 11.3. The number of ether oxygens (including phenoxy) is 1. The average molecular weight is 296 g/mol. The Bertz CT molecular complexity index is 395. The molecule has 19 heavy (non-hydrogen) atoms. The Morgan fingerprint density at radius 3 is 2.47 bits per heavy atom. The summed E-state index contributed by atoms with van der Waals surface area (Å²) in [5.74, 6) is -0.808. The molecule has 0 aliphatic carbocycles. The molecule has 0 saturated carbocycles. The molecule has 1 atom stereocenters. The fourth-order valence-electron chi connectivity index (χ4n) is 1.26. The lowest BCUT2D eigenvalue weighted by molar-refractivity contribution is -0.137. The highest BCUT2D eigenvalue weighted by molar-refractivity contribution is 7.88. The zero-order chi connectivity index (χ0) is 14.9. The Hall–Kier alpha value is -1.35. The number of hydrogen-bond donors (Lipinski definition) is 3. The molecule has 3 N–H and O–H groups in total. The van der Waals surface area contributed by atoms with Crippen molar-refractivity contribution in [1.82, 2.24) is 9.44 Å². The van der Waals surface area contributed by atoms with E-state index < -0.39 is 22.3 Å². The van der Waals surface area contributed by atoms with Crippen LogP contribution in [0, 0.1) is 5.92 Å². The number of hydrogen-bond acceptors (Lipinski definition) is 5. The lowest BCUT2D eigenvalue weighted by Gasteiger charge is -2.11. The van der Waals surface area contributed by atoms with E-state index in [0.717, 1.165) is 0 Å². The molecular weight excluding hydrogens is 276 g/mol. The molecule has 112 valence electrons. The Balaban J connectivity index is 3.92. The number of carboxylic acids is 1. The van der Waals surface area contributed by atoms with Gasteiger partial charge in [0.15, 0.2) is 0 Å². The standard InChI is InChI=1S/C10H20N2O6S/c1-3-18-10(15)12-19(16,17)11-7-6-8(2)4-5-9(13)14/h8,11H,3-7H2,1-2H3,(H,12,15)(H,13,14). The lowest BCUT2D eigenvalue weighted by atomic mass is 10.0. The van der Waals surface area contributed by atoms with Crippen LogP contribution in [0.5, 0.6) is 0 Å². The largest absolute Gasteiger partial charge is 0.481 e. The van der Waals surface area contributed by atoms with E-state index in [4.69, 9.17) is 5.11 Å². The van der Waals surface area contributed by atoms with Gasteiger partial charge < -0.3 is 9.84 Å². The highest BCUT2D eigenvalue weighted by Gasteiger charge is 2.14. The molecule has 0 heterocycles. The minimum absolute atomic E-state index is 0.0506. The van der Waals surface area contributed by atoms with E-state index in [9.17, 15) is 18.0 Å². The molecule has 0 fully saturated rings. The summed E-state index contributed by atoms with van der Waals surface area (Å²) in [5, 5.41) is 8.49. The summed E-state index contributed by atoms with van der Waals surface area (Å²) < 4.78 is 31.0. The molecule has 9 heteroatoms. The second kappa shape index (κ2) is 8.70. The Labute approximate surface area is 112 Å². The van der Waals surface area contributed by atoms with Crippen LogP contribution in [0.1, 0.15) is 33.1 Å². The van der Waals surface area contributed by atoms with E-state index >= 15 is 0 Å². The maximum Gasteiger partial charge on any atom is 0.421 e. The van der Waals surface area contributed by atoms with Gasteiger partial charge in [-0.2, -0.15) is 13.1 Å². The van der Waals surface area contributed by atoms with Crippen molar-refractivity contribution in [3.8, 4) is 0 Å². The number of carbonyl (C=O) groups is 2. The molecule has 0 saturated heterocycles. The number of carboxylic acid groups (broad SMARTS) is 1.